The molecule has 3 aliphatic heterocycles. The molecule has 0 aromatic rings. The van der Waals surface area contributed by atoms with Gasteiger partial charge in [0.15, 0.2) is 36.2 Å². The summed E-state index contributed by atoms with van der Waals surface area (Å²) in [6.45, 7) is 20.5. The average molecular weight is 661 g/mol. The summed E-state index contributed by atoms with van der Waals surface area (Å²) in [5.74, 6) is -2.69. The Morgan fingerprint density at radius 3 is 1.09 bits per heavy atom. The summed E-state index contributed by atoms with van der Waals surface area (Å²) < 4.78 is 14.4. The molecule has 45 heavy (non-hydrogen) atoms. The molecule has 0 aromatic heterocycles. The second-order valence-electron chi connectivity index (χ2n) is 10.2. The van der Waals surface area contributed by atoms with Crippen LogP contribution < -0.4 is 0 Å². The van der Waals surface area contributed by atoms with Crippen molar-refractivity contribution in [1.82, 2.24) is 0 Å². The van der Waals surface area contributed by atoms with Gasteiger partial charge in [-0.2, -0.15) is 0 Å². The average Bonchev–Trinajstić information content (AvgIpc) is 3.02. The van der Waals surface area contributed by atoms with Gasteiger partial charge in [0.05, 0.1) is 18.3 Å². The van der Waals surface area contributed by atoms with Crippen molar-refractivity contribution < 1.29 is 74.6 Å². The van der Waals surface area contributed by atoms with Crippen LogP contribution in [0.2, 0.25) is 0 Å². The third kappa shape index (κ3) is 14.0. The van der Waals surface area contributed by atoms with Crippen LogP contribution in [-0.4, -0.2) is 137 Å². The first kappa shape index (κ1) is 47.9. The Kier molecular flexibility index (Phi) is 25.3. The van der Waals surface area contributed by atoms with Crippen LogP contribution in [0.15, 0.2) is 0 Å². The second kappa shape index (κ2) is 23.8. The third-order valence-electron chi connectivity index (χ3n) is 7.05. The fourth-order valence-corrected chi connectivity index (χ4v) is 4.21. The Morgan fingerprint density at radius 2 is 0.689 bits per heavy atom. The first-order chi connectivity index (χ1) is 20.8. The highest BCUT2D eigenvalue weighted by atomic mass is 16.6. The van der Waals surface area contributed by atoms with Gasteiger partial charge in [-0.25, -0.2) is 0 Å². The van der Waals surface area contributed by atoms with Gasteiger partial charge >= 0.3 is 0 Å². The molecule has 15 nitrogen and oxygen atoms in total. The van der Waals surface area contributed by atoms with Gasteiger partial charge < -0.3 is 60.2 Å². The molecule has 15 heteroatoms. The van der Waals surface area contributed by atoms with Crippen LogP contribution in [0.5, 0.6) is 0 Å². The molecule has 3 saturated heterocycles. The molecule has 0 aliphatic carbocycles. The predicted molar refractivity (Wildman–Crippen MR) is 162 cm³/mol. The van der Waals surface area contributed by atoms with Crippen molar-refractivity contribution in [3.63, 3.8) is 0 Å². The normalized spacial score (nSPS) is 40.3. The minimum Gasteiger partial charge on any atom is -0.390 e. The van der Waals surface area contributed by atoms with E-state index in [2.05, 4.69) is 0 Å². The van der Waals surface area contributed by atoms with E-state index < -0.39 is 97.3 Å². The number of aliphatic hydroxyl groups excluding tert-OH is 9. The fourth-order valence-electron chi connectivity index (χ4n) is 4.21. The first-order valence-corrected chi connectivity index (χ1v) is 15.4. The zero-order valence-corrected chi connectivity index (χ0v) is 28.6. The lowest BCUT2D eigenvalue weighted by atomic mass is 9.89. The van der Waals surface area contributed by atoms with Crippen molar-refractivity contribution >= 4 is 17.3 Å². The summed E-state index contributed by atoms with van der Waals surface area (Å²) in [5.41, 5.74) is 0. The number of carbonyl (C=O) groups is 3. The van der Waals surface area contributed by atoms with E-state index in [1.807, 2.05) is 41.5 Å². The van der Waals surface area contributed by atoms with Gasteiger partial charge in [0, 0.05) is 17.8 Å². The summed E-state index contributed by atoms with van der Waals surface area (Å²) in [7, 11) is 0. The molecule has 3 fully saturated rings. The molecule has 3 rings (SSSR count). The zero-order chi connectivity index (χ0) is 36.5. The topological polar surface area (TPSA) is 261 Å². The number of hydrogen-bond acceptors (Lipinski definition) is 15. The molecule has 3 heterocycles. The summed E-state index contributed by atoms with van der Waals surface area (Å²) in [5, 5.41) is 83.6. The monoisotopic (exact) mass is 660 g/mol. The summed E-state index contributed by atoms with van der Waals surface area (Å²) in [4.78, 5) is 32.8. The van der Waals surface area contributed by atoms with E-state index in [9.17, 15) is 50.1 Å². The van der Waals surface area contributed by atoms with Gasteiger partial charge in [-0.3, -0.25) is 14.4 Å². The maximum atomic E-state index is 11.0. The molecule has 3 aliphatic rings. The van der Waals surface area contributed by atoms with Gasteiger partial charge in [-0.15, -0.1) is 0 Å². The minimum atomic E-state index is -1.49. The molecule has 0 spiro atoms. The van der Waals surface area contributed by atoms with Gasteiger partial charge in [0.25, 0.3) is 0 Å². The van der Waals surface area contributed by atoms with Gasteiger partial charge in [-0.1, -0.05) is 62.3 Å². The van der Waals surface area contributed by atoms with E-state index in [1.54, 1.807) is 13.8 Å². The highest BCUT2D eigenvalue weighted by molar-refractivity contribution is 5.82. The number of Topliss-reactive ketones (excluding diaryl/α,β-unsaturated/α-hetero) is 3. The molecular weight excluding hydrogens is 600 g/mol. The predicted octanol–water partition coefficient (Wildman–Crippen LogP) is -0.970. The van der Waals surface area contributed by atoms with E-state index in [4.69, 9.17) is 24.4 Å². The summed E-state index contributed by atoms with van der Waals surface area (Å²) >= 11 is 0. The summed E-state index contributed by atoms with van der Waals surface area (Å²) in [6.07, 6.45) is -14.1. The number of rotatable bonds is 3. The quantitative estimate of drug-likeness (QED) is 0.176. The van der Waals surface area contributed by atoms with Crippen LogP contribution in [0.3, 0.4) is 0 Å². The Hall–Kier alpha value is -1.47. The first-order valence-electron chi connectivity index (χ1n) is 15.4. The second-order valence-corrected chi connectivity index (χ2v) is 10.2. The lowest BCUT2D eigenvalue weighted by Crippen LogP contribution is -2.55. The van der Waals surface area contributed by atoms with Crippen LogP contribution >= 0.6 is 0 Å². The Labute approximate surface area is 266 Å². The fraction of sp³-hybridized carbons (Fsp3) is 0.900. The highest BCUT2D eigenvalue weighted by Crippen LogP contribution is 2.27. The Bertz CT molecular complexity index is 723. The van der Waals surface area contributed by atoms with Gasteiger partial charge in [-0.05, 0) is 20.8 Å². The summed E-state index contributed by atoms with van der Waals surface area (Å²) in [6, 6.07) is 0. The van der Waals surface area contributed by atoms with Crippen molar-refractivity contribution in [3.05, 3.63) is 0 Å². The van der Waals surface area contributed by atoms with Crippen LogP contribution in [0.1, 0.15) is 83.1 Å². The van der Waals surface area contributed by atoms with E-state index >= 15 is 0 Å². The minimum absolute atomic E-state index is 0.266. The van der Waals surface area contributed by atoms with E-state index in [1.165, 1.54) is 27.7 Å². The van der Waals surface area contributed by atoms with Crippen molar-refractivity contribution in [2.75, 3.05) is 0 Å². The molecular formula is C30H60O15. The largest absolute Gasteiger partial charge is 0.390 e. The lowest BCUT2D eigenvalue weighted by molar-refractivity contribution is -0.260. The van der Waals surface area contributed by atoms with Crippen molar-refractivity contribution in [2.24, 2.45) is 17.8 Å². The van der Waals surface area contributed by atoms with Crippen LogP contribution in [0.4, 0.5) is 0 Å². The SMILES string of the molecule is CC.CC.CC.CC(=O)[C@H]1O[C@@H](O)[C@H](C)[C@@H](O)[C@@H]1O.CC(=O)[C@H]1O[C@@H](O)[C@H](O)[C@@H](C)[C@@H]1O.CC(=O)[C@H]1O[C@@H](O)[C@H](O)[C@@H](O)[C@@H]1C. The Balaban J connectivity index is -0.000000541. The van der Waals surface area contributed by atoms with Crippen LogP contribution in [0, 0.1) is 17.8 Å². The lowest BCUT2D eigenvalue weighted by Gasteiger charge is -2.38. The van der Waals surface area contributed by atoms with E-state index in [-0.39, 0.29) is 11.6 Å². The molecule has 0 saturated carbocycles. The van der Waals surface area contributed by atoms with Crippen molar-refractivity contribution in [1.29, 1.82) is 0 Å². The molecule has 0 unspecified atom stereocenters. The highest BCUT2D eigenvalue weighted by Gasteiger charge is 2.45. The van der Waals surface area contributed by atoms with Gasteiger partial charge in [0.2, 0.25) is 0 Å². The molecule has 15 atom stereocenters. The number of ketones is 3. The van der Waals surface area contributed by atoms with Crippen LogP contribution in [0.25, 0.3) is 0 Å². The maximum absolute atomic E-state index is 11.0. The molecule has 0 aromatic carbocycles. The Morgan fingerprint density at radius 1 is 0.378 bits per heavy atom. The number of carbonyl (C=O) groups excluding carboxylic acids is 3. The zero-order valence-electron chi connectivity index (χ0n) is 28.6. The molecule has 0 bridgehead atoms. The van der Waals surface area contributed by atoms with Crippen LogP contribution in [-0.2, 0) is 28.6 Å². The number of hydrogen-bond donors (Lipinski definition) is 9. The molecule has 0 amide bonds. The van der Waals surface area contributed by atoms with Crippen molar-refractivity contribution in [2.45, 2.75) is 157 Å². The maximum Gasteiger partial charge on any atom is 0.184 e. The van der Waals surface area contributed by atoms with E-state index in [0.717, 1.165) is 0 Å². The van der Waals surface area contributed by atoms with E-state index in [0.29, 0.717) is 0 Å². The molecule has 9 N–H and O–H groups in total. The number of aliphatic hydroxyl groups is 9. The third-order valence-corrected chi connectivity index (χ3v) is 7.05. The molecule has 270 valence electrons. The smallest absolute Gasteiger partial charge is 0.184 e. The molecule has 0 radical (unpaired) electrons. The standard InChI is InChI=1S/3C8H14O5.3C2H6/c1-3-5(10)6(11)7(4(2)9)13-8(3)12;1-3-5(10)6(11)8(12)13-7(3)4(2)9;1-3-5(10)7(4(2)9)13-8(12)6(3)11;3*1-2/h3*3,5-8,10-12H,1-2H3;3*1-2H3/t3-,5-,6+,7-,8-;3-,5-,6+,7-,8+;3-,5-,6+,7+,8+;;;/m100.../s1. The van der Waals surface area contributed by atoms with Gasteiger partial charge in [0.1, 0.15) is 36.6 Å². The number of ether oxygens (including phenoxy) is 3. The van der Waals surface area contributed by atoms with Crippen molar-refractivity contribution in [3.8, 4) is 0 Å².